The lowest BCUT2D eigenvalue weighted by molar-refractivity contribution is 0.668. The van der Waals surface area contributed by atoms with E-state index in [0.29, 0.717) is 12.1 Å². The number of hydrogen-bond donors (Lipinski definition) is 1. The SMILES string of the molecule is Cn1cc(CCn2cccc(C(N)=S)c2=O)cn1. The van der Waals surface area contributed by atoms with Crippen LogP contribution in [0.1, 0.15) is 11.1 Å². The van der Waals surface area contributed by atoms with E-state index in [1.54, 1.807) is 33.8 Å². The van der Waals surface area contributed by atoms with Crippen molar-refractivity contribution in [1.29, 1.82) is 0 Å². The summed E-state index contributed by atoms with van der Waals surface area (Å²) in [6.45, 7) is 0.584. The van der Waals surface area contributed by atoms with Crippen molar-refractivity contribution in [2.45, 2.75) is 13.0 Å². The van der Waals surface area contributed by atoms with Crippen molar-refractivity contribution in [2.75, 3.05) is 0 Å². The molecule has 94 valence electrons. The van der Waals surface area contributed by atoms with Crippen LogP contribution in [0.4, 0.5) is 0 Å². The van der Waals surface area contributed by atoms with Gasteiger partial charge in [0.25, 0.3) is 5.56 Å². The first-order chi connectivity index (χ1) is 8.58. The summed E-state index contributed by atoms with van der Waals surface area (Å²) in [6, 6.07) is 3.42. The van der Waals surface area contributed by atoms with Crippen LogP contribution in [0.15, 0.2) is 35.5 Å². The van der Waals surface area contributed by atoms with Gasteiger partial charge in [-0.15, -0.1) is 0 Å². The third kappa shape index (κ3) is 2.65. The normalized spacial score (nSPS) is 10.5. The van der Waals surface area contributed by atoms with Gasteiger partial charge in [0, 0.05) is 26.0 Å². The summed E-state index contributed by atoms with van der Waals surface area (Å²) in [5, 5.41) is 4.09. The minimum atomic E-state index is -0.145. The fourth-order valence-corrected chi connectivity index (χ4v) is 1.91. The molecule has 2 aromatic rings. The minimum absolute atomic E-state index is 0.135. The van der Waals surface area contributed by atoms with E-state index in [4.69, 9.17) is 18.0 Å². The smallest absolute Gasteiger partial charge is 0.260 e. The van der Waals surface area contributed by atoms with Crippen molar-refractivity contribution in [1.82, 2.24) is 14.3 Å². The van der Waals surface area contributed by atoms with Crippen molar-refractivity contribution in [3.8, 4) is 0 Å². The number of hydrogen-bond acceptors (Lipinski definition) is 3. The predicted octanol–water partition coefficient (Wildman–Crippen LogP) is 0.459. The predicted molar refractivity (Wildman–Crippen MR) is 73.5 cm³/mol. The van der Waals surface area contributed by atoms with E-state index in [-0.39, 0.29) is 10.5 Å². The number of thiocarbonyl (C=S) groups is 1. The molecule has 0 aliphatic heterocycles. The van der Waals surface area contributed by atoms with E-state index in [0.717, 1.165) is 12.0 Å². The molecule has 0 radical (unpaired) electrons. The van der Waals surface area contributed by atoms with Crippen LogP contribution in [0.2, 0.25) is 0 Å². The van der Waals surface area contributed by atoms with Crippen molar-refractivity contribution < 1.29 is 0 Å². The number of aryl methyl sites for hydroxylation is 3. The second-order valence-electron chi connectivity index (χ2n) is 4.06. The molecule has 2 N–H and O–H groups in total. The molecule has 5 nitrogen and oxygen atoms in total. The van der Waals surface area contributed by atoms with E-state index >= 15 is 0 Å². The molecule has 0 aliphatic rings. The Morgan fingerprint density at radius 3 is 2.94 bits per heavy atom. The summed E-state index contributed by atoms with van der Waals surface area (Å²) in [7, 11) is 1.86. The zero-order valence-corrected chi connectivity index (χ0v) is 10.9. The molecule has 0 atom stereocenters. The number of aromatic nitrogens is 3. The van der Waals surface area contributed by atoms with Crippen LogP contribution in [-0.2, 0) is 20.0 Å². The highest BCUT2D eigenvalue weighted by Gasteiger charge is 2.05. The van der Waals surface area contributed by atoms with Gasteiger partial charge in [-0.1, -0.05) is 12.2 Å². The Hall–Kier alpha value is -1.95. The van der Waals surface area contributed by atoms with Gasteiger partial charge in [-0.05, 0) is 24.1 Å². The van der Waals surface area contributed by atoms with Gasteiger partial charge in [0.15, 0.2) is 0 Å². The topological polar surface area (TPSA) is 65.8 Å². The minimum Gasteiger partial charge on any atom is -0.389 e. The number of rotatable bonds is 4. The summed E-state index contributed by atoms with van der Waals surface area (Å²) in [4.78, 5) is 12.1. The van der Waals surface area contributed by atoms with Crippen LogP contribution in [0, 0.1) is 0 Å². The number of nitrogens with two attached hydrogens (primary N) is 1. The van der Waals surface area contributed by atoms with Crippen LogP contribution in [0.25, 0.3) is 0 Å². The van der Waals surface area contributed by atoms with Gasteiger partial charge >= 0.3 is 0 Å². The van der Waals surface area contributed by atoms with Crippen molar-refractivity contribution >= 4 is 17.2 Å². The molecule has 0 amide bonds. The molecule has 0 aliphatic carbocycles. The quantitative estimate of drug-likeness (QED) is 0.813. The maximum Gasteiger partial charge on any atom is 0.260 e. The largest absolute Gasteiger partial charge is 0.389 e. The van der Waals surface area contributed by atoms with Gasteiger partial charge in [0.1, 0.15) is 4.99 Å². The fraction of sp³-hybridized carbons (Fsp3) is 0.250. The highest BCUT2D eigenvalue weighted by molar-refractivity contribution is 7.80. The zero-order valence-electron chi connectivity index (χ0n) is 10.0. The number of nitrogens with zero attached hydrogens (tertiary/aromatic N) is 3. The first kappa shape index (κ1) is 12.5. The Kier molecular flexibility index (Phi) is 3.57. The average molecular weight is 262 g/mol. The summed E-state index contributed by atoms with van der Waals surface area (Å²) >= 11 is 4.84. The first-order valence-corrected chi connectivity index (χ1v) is 5.95. The van der Waals surface area contributed by atoms with E-state index in [9.17, 15) is 4.79 Å². The van der Waals surface area contributed by atoms with Gasteiger partial charge in [0.05, 0.1) is 11.8 Å². The molecular formula is C12H14N4OS. The van der Waals surface area contributed by atoms with Gasteiger partial charge < -0.3 is 10.3 Å². The Morgan fingerprint density at radius 1 is 1.56 bits per heavy atom. The molecule has 0 bridgehead atoms. The molecule has 0 unspecified atom stereocenters. The van der Waals surface area contributed by atoms with Crippen LogP contribution in [-0.4, -0.2) is 19.3 Å². The Balaban J connectivity index is 2.17. The van der Waals surface area contributed by atoms with E-state index in [1.807, 2.05) is 13.2 Å². The molecule has 0 fully saturated rings. The molecule has 0 saturated heterocycles. The lowest BCUT2D eigenvalue weighted by atomic mass is 10.2. The van der Waals surface area contributed by atoms with Crippen LogP contribution in [0.5, 0.6) is 0 Å². The van der Waals surface area contributed by atoms with Gasteiger partial charge in [0.2, 0.25) is 0 Å². The van der Waals surface area contributed by atoms with Gasteiger partial charge in [-0.3, -0.25) is 9.48 Å². The Morgan fingerprint density at radius 2 is 2.33 bits per heavy atom. The van der Waals surface area contributed by atoms with Gasteiger partial charge in [-0.25, -0.2) is 0 Å². The molecule has 0 aromatic carbocycles. The van der Waals surface area contributed by atoms with Crippen LogP contribution >= 0.6 is 12.2 Å². The first-order valence-electron chi connectivity index (χ1n) is 5.54. The molecular weight excluding hydrogens is 248 g/mol. The molecule has 18 heavy (non-hydrogen) atoms. The fourth-order valence-electron chi connectivity index (χ4n) is 1.75. The number of pyridine rings is 1. The lowest BCUT2D eigenvalue weighted by Crippen LogP contribution is -2.28. The van der Waals surface area contributed by atoms with Crippen molar-refractivity contribution in [2.24, 2.45) is 12.8 Å². The standard InChI is InChI=1S/C12H14N4OS/c1-15-8-9(7-14-15)4-6-16-5-2-3-10(11(13)18)12(16)17/h2-3,5,7-8H,4,6H2,1H3,(H2,13,18). The van der Waals surface area contributed by atoms with Crippen LogP contribution < -0.4 is 11.3 Å². The molecule has 2 heterocycles. The summed E-state index contributed by atoms with van der Waals surface area (Å²) in [5.41, 5.74) is 6.83. The van der Waals surface area contributed by atoms with Crippen molar-refractivity contribution in [3.63, 3.8) is 0 Å². The highest BCUT2D eigenvalue weighted by atomic mass is 32.1. The van der Waals surface area contributed by atoms with Crippen LogP contribution in [0.3, 0.4) is 0 Å². The van der Waals surface area contributed by atoms with E-state index < -0.39 is 0 Å². The summed E-state index contributed by atoms with van der Waals surface area (Å²) in [6.07, 6.45) is 6.21. The molecule has 2 aromatic heterocycles. The lowest BCUT2D eigenvalue weighted by Gasteiger charge is -2.06. The Bertz CT molecular complexity index is 629. The maximum absolute atomic E-state index is 12.0. The summed E-state index contributed by atoms with van der Waals surface area (Å²) in [5.74, 6) is 0. The molecule has 6 heteroatoms. The molecule has 2 rings (SSSR count). The van der Waals surface area contributed by atoms with E-state index in [2.05, 4.69) is 5.10 Å². The second-order valence-corrected chi connectivity index (χ2v) is 4.50. The third-order valence-electron chi connectivity index (χ3n) is 2.69. The summed E-state index contributed by atoms with van der Waals surface area (Å²) < 4.78 is 3.35. The third-order valence-corrected chi connectivity index (χ3v) is 2.91. The highest BCUT2D eigenvalue weighted by Crippen LogP contribution is 2.00. The second kappa shape index (κ2) is 5.14. The Labute approximate surface area is 110 Å². The molecule has 0 spiro atoms. The molecule has 0 saturated carbocycles. The van der Waals surface area contributed by atoms with Crippen molar-refractivity contribution in [3.05, 3.63) is 52.2 Å². The van der Waals surface area contributed by atoms with Gasteiger partial charge in [-0.2, -0.15) is 5.10 Å². The van der Waals surface area contributed by atoms with E-state index in [1.165, 1.54) is 0 Å². The zero-order chi connectivity index (χ0) is 13.1. The average Bonchev–Trinajstić information content (AvgIpc) is 2.73. The maximum atomic E-state index is 12.0. The monoisotopic (exact) mass is 262 g/mol.